The molecule has 0 unspecified atom stereocenters. The Hall–Kier alpha value is -1.83. The predicted molar refractivity (Wildman–Crippen MR) is 54.3 cm³/mol. The molecule has 0 atom stereocenters. The van der Waals surface area contributed by atoms with Gasteiger partial charge in [-0.2, -0.15) is 0 Å². The molecule has 70 valence electrons. The fraction of sp³-hybridized carbons (Fsp3) is 0.0833. The number of H-pyrrole nitrogens is 1. The highest BCUT2D eigenvalue weighted by atomic mass is 16.5. The maximum Gasteiger partial charge on any atom is 0.170 e. The van der Waals surface area contributed by atoms with Gasteiger partial charge in [-0.05, 0) is 19.1 Å². The Balaban J connectivity index is 2.16. The Morgan fingerprint density at radius 1 is 0.857 bits per heavy atom. The Kier molecular flexibility index (Phi) is 2.45. The van der Waals surface area contributed by atoms with E-state index in [1.807, 2.05) is 48.8 Å². The fourth-order valence-corrected chi connectivity index (χ4v) is 1.18. The molecule has 0 aliphatic rings. The molecule has 0 amide bonds. The zero-order chi connectivity index (χ0) is 9.80. The number of aryl methyl sites for hydroxylation is 1. The number of hydrogen-bond donors (Lipinski definition) is 0. The predicted octanol–water partition coefficient (Wildman–Crippen LogP) is 2.60. The Morgan fingerprint density at radius 2 is 1.43 bits per heavy atom. The van der Waals surface area contributed by atoms with E-state index in [0.717, 1.165) is 11.5 Å². The lowest BCUT2D eigenvalue weighted by molar-refractivity contribution is -0.378. The average molecular weight is 186 g/mol. The van der Waals surface area contributed by atoms with Crippen LogP contribution in [0.1, 0.15) is 5.56 Å². The van der Waals surface area contributed by atoms with Crippen LogP contribution in [0.5, 0.6) is 11.5 Å². The molecule has 1 N–H and O–H groups in total. The number of hydrogen-bond acceptors (Lipinski definition) is 1. The molecule has 1 aromatic heterocycles. The highest BCUT2D eigenvalue weighted by Crippen LogP contribution is 2.19. The lowest BCUT2D eigenvalue weighted by atomic mass is 10.2. The molecule has 0 spiro atoms. The van der Waals surface area contributed by atoms with Crippen LogP contribution in [0.2, 0.25) is 0 Å². The second kappa shape index (κ2) is 3.92. The van der Waals surface area contributed by atoms with Crippen molar-refractivity contribution in [3.05, 3.63) is 54.4 Å². The third kappa shape index (κ3) is 2.10. The molecule has 1 aromatic carbocycles. The highest BCUT2D eigenvalue weighted by Gasteiger charge is 1.96. The van der Waals surface area contributed by atoms with E-state index >= 15 is 0 Å². The van der Waals surface area contributed by atoms with Gasteiger partial charge in [0.1, 0.15) is 11.5 Å². The van der Waals surface area contributed by atoms with Crippen LogP contribution in [0.15, 0.2) is 48.8 Å². The maximum atomic E-state index is 5.61. The second-order valence-corrected chi connectivity index (χ2v) is 3.15. The number of pyridine rings is 1. The molecule has 14 heavy (non-hydrogen) atoms. The SMILES string of the molecule is Cc1ccc(Oc2cc[nH+]cc2)cc1. The van der Waals surface area contributed by atoms with E-state index in [9.17, 15) is 0 Å². The van der Waals surface area contributed by atoms with Crippen LogP contribution >= 0.6 is 0 Å². The van der Waals surface area contributed by atoms with Crippen LogP contribution in [-0.2, 0) is 0 Å². The van der Waals surface area contributed by atoms with Crippen molar-refractivity contribution in [3.63, 3.8) is 0 Å². The van der Waals surface area contributed by atoms with E-state index in [4.69, 9.17) is 4.74 Å². The van der Waals surface area contributed by atoms with E-state index in [1.165, 1.54) is 5.56 Å². The highest BCUT2D eigenvalue weighted by molar-refractivity contribution is 5.31. The van der Waals surface area contributed by atoms with E-state index < -0.39 is 0 Å². The van der Waals surface area contributed by atoms with Crippen molar-refractivity contribution in [3.8, 4) is 11.5 Å². The number of benzene rings is 1. The minimum atomic E-state index is 0.840. The van der Waals surface area contributed by atoms with Gasteiger partial charge in [0.25, 0.3) is 0 Å². The van der Waals surface area contributed by atoms with Gasteiger partial charge in [0.15, 0.2) is 12.4 Å². The average Bonchev–Trinajstić information content (AvgIpc) is 2.23. The molecular weight excluding hydrogens is 174 g/mol. The topological polar surface area (TPSA) is 23.4 Å². The Morgan fingerprint density at radius 3 is 2.07 bits per heavy atom. The molecule has 2 rings (SSSR count). The van der Waals surface area contributed by atoms with Gasteiger partial charge in [-0.25, -0.2) is 4.98 Å². The molecule has 2 nitrogen and oxygen atoms in total. The van der Waals surface area contributed by atoms with Crippen molar-refractivity contribution in [2.24, 2.45) is 0 Å². The Labute approximate surface area is 83.2 Å². The van der Waals surface area contributed by atoms with Crippen LogP contribution in [0.25, 0.3) is 0 Å². The van der Waals surface area contributed by atoms with Gasteiger partial charge >= 0.3 is 0 Å². The normalized spacial score (nSPS) is 9.79. The lowest BCUT2D eigenvalue weighted by Crippen LogP contribution is -1.97. The Bertz CT molecular complexity index is 394. The summed E-state index contributed by atoms with van der Waals surface area (Å²) in [6.45, 7) is 2.06. The summed E-state index contributed by atoms with van der Waals surface area (Å²) in [5, 5.41) is 0. The number of rotatable bonds is 2. The largest absolute Gasteiger partial charge is 0.457 e. The standard InChI is InChI=1S/C12H11NO/c1-10-2-4-11(5-3-10)14-12-6-8-13-9-7-12/h2-9H,1H3/p+1. The number of aromatic amines is 1. The number of ether oxygens (including phenoxy) is 1. The van der Waals surface area contributed by atoms with Crippen molar-refractivity contribution < 1.29 is 9.72 Å². The van der Waals surface area contributed by atoms with Crippen molar-refractivity contribution >= 4 is 0 Å². The van der Waals surface area contributed by atoms with Gasteiger partial charge in [-0.15, -0.1) is 0 Å². The van der Waals surface area contributed by atoms with Crippen molar-refractivity contribution in [1.82, 2.24) is 0 Å². The second-order valence-electron chi connectivity index (χ2n) is 3.15. The summed E-state index contributed by atoms with van der Waals surface area (Å²) in [7, 11) is 0. The molecule has 0 radical (unpaired) electrons. The molecule has 0 bridgehead atoms. The first kappa shape index (κ1) is 8.75. The molecule has 0 fully saturated rings. The van der Waals surface area contributed by atoms with E-state index in [0.29, 0.717) is 0 Å². The summed E-state index contributed by atoms with van der Waals surface area (Å²) >= 11 is 0. The fourth-order valence-electron chi connectivity index (χ4n) is 1.18. The summed E-state index contributed by atoms with van der Waals surface area (Å²) in [4.78, 5) is 2.95. The summed E-state index contributed by atoms with van der Waals surface area (Å²) < 4.78 is 5.61. The van der Waals surface area contributed by atoms with E-state index in [1.54, 1.807) is 0 Å². The molecule has 0 saturated carbocycles. The van der Waals surface area contributed by atoms with Gasteiger partial charge in [0.2, 0.25) is 0 Å². The van der Waals surface area contributed by atoms with Gasteiger partial charge in [-0.1, -0.05) is 17.7 Å². The summed E-state index contributed by atoms with van der Waals surface area (Å²) in [6, 6.07) is 11.8. The van der Waals surface area contributed by atoms with Crippen LogP contribution in [-0.4, -0.2) is 0 Å². The first-order valence-corrected chi connectivity index (χ1v) is 4.55. The van der Waals surface area contributed by atoms with Gasteiger partial charge in [-0.3, -0.25) is 0 Å². The van der Waals surface area contributed by atoms with Gasteiger partial charge in [0, 0.05) is 12.1 Å². The van der Waals surface area contributed by atoms with Crippen molar-refractivity contribution in [2.75, 3.05) is 0 Å². The molecule has 0 saturated heterocycles. The number of nitrogens with one attached hydrogen (secondary N) is 1. The molecule has 0 aliphatic heterocycles. The molecule has 1 heterocycles. The monoisotopic (exact) mass is 186 g/mol. The summed E-state index contributed by atoms with van der Waals surface area (Å²) in [6.07, 6.45) is 3.67. The van der Waals surface area contributed by atoms with Crippen LogP contribution in [0.4, 0.5) is 0 Å². The third-order valence-corrected chi connectivity index (χ3v) is 1.94. The van der Waals surface area contributed by atoms with Crippen LogP contribution in [0, 0.1) is 6.92 Å². The zero-order valence-electron chi connectivity index (χ0n) is 8.03. The van der Waals surface area contributed by atoms with Crippen LogP contribution in [0.3, 0.4) is 0 Å². The van der Waals surface area contributed by atoms with Crippen molar-refractivity contribution in [2.45, 2.75) is 6.92 Å². The quantitative estimate of drug-likeness (QED) is 0.707. The zero-order valence-corrected chi connectivity index (χ0v) is 8.03. The van der Waals surface area contributed by atoms with E-state index in [-0.39, 0.29) is 0 Å². The molecular formula is C12H12NO+. The lowest BCUT2D eigenvalue weighted by Gasteiger charge is -2.03. The van der Waals surface area contributed by atoms with Crippen molar-refractivity contribution in [1.29, 1.82) is 0 Å². The summed E-state index contributed by atoms with van der Waals surface area (Å²) in [5.74, 6) is 1.70. The first-order chi connectivity index (χ1) is 6.84. The minimum absolute atomic E-state index is 0.840. The third-order valence-electron chi connectivity index (χ3n) is 1.94. The summed E-state index contributed by atoms with van der Waals surface area (Å²) in [5.41, 5.74) is 1.23. The maximum absolute atomic E-state index is 5.61. The number of aromatic nitrogens is 1. The molecule has 2 heteroatoms. The molecule has 2 aromatic rings. The molecule has 0 aliphatic carbocycles. The smallest absolute Gasteiger partial charge is 0.170 e. The van der Waals surface area contributed by atoms with Gasteiger partial charge < -0.3 is 4.74 Å². The van der Waals surface area contributed by atoms with E-state index in [2.05, 4.69) is 11.9 Å². The first-order valence-electron chi connectivity index (χ1n) is 4.55. The van der Waals surface area contributed by atoms with Crippen LogP contribution < -0.4 is 9.72 Å². The van der Waals surface area contributed by atoms with Gasteiger partial charge in [0.05, 0.1) is 0 Å². The minimum Gasteiger partial charge on any atom is -0.457 e.